The monoisotopic (exact) mass is 339 g/mol. The first kappa shape index (κ1) is 14.8. The lowest BCUT2D eigenvalue weighted by Gasteiger charge is -2.10. The van der Waals surface area contributed by atoms with Gasteiger partial charge < -0.3 is 0 Å². The molecule has 5 nitrogen and oxygen atoms in total. The third kappa shape index (κ3) is 3.10. The molecule has 0 fully saturated rings. The number of nitrogens with zero attached hydrogens (tertiary/aromatic N) is 3. The molecule has 0 saturated heterocycles. The van der Waals surface area contributed by atoms with E-state index in [0.717, 1.165) is 0 Å². The highest BCUT2D eigenvalue weighted by molar-refractivity contribution is 8.13. The van der Waals surface area contributed by atoms with Crippen LogP contribution in [-0.4, -0.2) is 23.2 Å². The molecular formula is C10H11Cl2N3O2S2. The Morgan fingerprint density at radius 1 is 1.42 bits per heavy atom. The van der Waals surface area contributed by atoms with Crippen LogP contribution in [0.2, 0.25) is 5.02 Å². The minimum Gasteiger partial charge on any atom is -0.296 e. The summed E-state index contributed by atoms with van der Waals surface area (Å²) in [6.45, 7) is 4.37. The van der Waals surface area contributed by atoms with Crippen LogP contribution < -0.4 is 0 Å². The van der Waals surface area contributed by atoms with Crippen LogP contribution >= 0.6 is 33.6 Å². The summed E-state index contributed by atoms with van der Waals surface area (Å²) in [5.74, 6) is 0.638. The standard InChI is InChI=1S/C10H11Cl2N3O2S2/c1-6(2)5-15-9(8-7(11)3-4-18-8)13-14-10(15)19(12,16)17/h3-4,6H,5H2,1-2H3. The van der Waals surface area contributed by atoms with Crippen LogP contribution in [0.25, 0.3) is 10.7 Å². The lowest BCUT2D eigenvalue weighted by molar-refractivity contribution is 0.489. The molecule has 0 bridgehead atoms. The SMILES string of the molecule is CC(C)Cn1c(-c2sccc2Cl)nnc1S(=O)(=O)Cl. The first-order valence-corrected chi connectivity index (χ1v) is 8.98. The number of halogens is 2. The van der Waals surface area contributed by atoms with Crippen LogP contribution in [0.5, 0.6) is 0 Å². The summed E-state index contributed by atoms with van der Waals surface area (Å²) in [5.41, 5.74) is 0. The molecule has 0 N–H and O–H groups in total. The van der Waals surface area contributed by atoms with Gasteiger partial charge in [-0.1, -0.05) is 25.4 Å². The van der Waals surface area contributed by atoms with E-state index in [1.54, 1.807) is 11.4 Å². The highest BCUT2D eigenvalue weighted by Crippen LogP contribution is 2.33. The molecule has 0 aromatic carbocycles. The van der Waals surface area contributed by atoms with Gasteiger partial charge in [0.2, 0.25) is 0 Å². The van der Waals surface area contributed by atoms with Crippen molar-refractivity contribution in [2.75, 3.05) is 0 Å². The molecular weight excluding hydrogens is 329 g/mol. The van der Waals surface area contributed by atoms with E-state index in [9.17, 15) is 8.42 Å². The van der Waals surface area contributed by atoms with Gasteiger partial charge in [-0.05, 0) is 17.4 Å². The first-order valence-electron chi connectivity index (χ1n) is 5.42. The highest BCUT2D eigenvalue weighted by Gasteiger charge is 2.25. The molecule has 0 amide bonds. The third-order valence-electron chi connectivity index (χ3n) is 2.30. The molecule has 0 unspecified atom stereocenters. The Labute approximate surface area is 124 Å². The van der Waals surface area contributed by atoms with Gasteiger partial charge in [-0.15, -0.1) is 21.5 Å². The van der Waals surface area contributed by atoms with E-state index in [4.69, 9.17) is 22.3 Å². The molecule has 19 heavy (non-hydrogen) atoms. The second-order valence-electron chi connectivity index (χ2n) is 4.35. The van der Waals surface area contributed by atoms with E-state index in [1.807, 2.05) is 13.8 Å². The Bertz CT molecular complexity index is 691. The molecule has 0 saturated carbocycles. The smallest absolute Gasteiger partial charge is 0.296 e. The maximum Gasteiger partial charge on any atom is 0.296 e. The van der Waals surface area contributed by atoms with E-state index >= 15 is 0 Å². The summed E-state index contributed by atoms with van der Waals surface area (Å²) in [6, 6.07) is 1.73. The summed E-state index contributed by atoms with van der Waals surface area (Å²) in [5, 5.41) is 9.67. The van der Waals surface area contributed by atoms with Gasteiger partial charge in [-0.3, -0.25) is 4.57 Å². The summed E-state index contributed by atoms with van der Waals surface area (Å²) >= 11 is 7.43. The van der Waals surface area contributed by atoms with Crippen molar-refractivity contribution in [1.82, 2.24) is 14.8 Å². The van der Waals surface area contributed by atoms with Crippen molar-refractivity contribution >= 4 is 42.7 Å². The zero-order valence-electron chi connectivity index (χ0n) is 10.2. The molecule has 0 aliphatic rings. The molecule has 2 heterocycles. The minimum atomic E-state index is -3.94. The van der Waals surface area contributed by atoms with Gasteiger partial charge in [-0.2, -0.15) is 0 Å². The Morgan fingerprint density at radius 3 is 2.58 bits per heavy atom. The minimum absolute atomic E-state index is 0.214. The molecule has 9 heteroatoms. The topological polar surface area (TPSA) is 64.8 Å². The average molecular weight is 340 g/mol. The van der Waals surface area contributed by atoms with E-state index in [2.05, 4.69) is 10.2 Å². The van der Waals surface area contributed by atoms with Crippen molar-refractivity contribution in [3.05, 3.63) is 16.5 Å². The zero-order chi connectivity index (χ0) is 14.2. The first-order chi connectivity index (χ1) is 8.80. The van der Waals surface area contributed by atoms with E-state index in [0.29, 0.717) is 22.3 Å². The van der Waals surface area contributed by atoms with Crippen LogP contribution in [0.1, 0.15) is 13.8 Å². The van der Waals surface area contributed by atoms with Crippen LogP contribution in [0.15, 0.2) is 16.6 Å². The molecule has 2 rings (SSSR count). The normalized spacial score (nSPS) is 12.3. The Hall–Kier alpha value is -0.630. The molecule has 0 aliphatic heterocycles. The number of hydrogen-bond acceptors (Lipinski definition) is 5. The largest absolute Gasteiger partial charge is 0.296 e. The van der Waals surface area contributed by atoms with Gasteiger partial charge in [0.05, 0.1) is 9.90 Å². The fourth-order valence-corrected chi connectivity index (χ4v) is 3.66. The number of thiophene rings is 1. The van der Waals surface area contributed by atoms with Gasteiger partial charge in [0.25, 0.3) is 14.2 Å². The molecule has 2 aromatic rings. The number of rotatable bonds is 4. The molecule has 104 valence electrons. The fourth-order valence-electron chi connectivity index (χ4n) is 1.62. The predicted octanol–water partition coefficient (Wildman–Crippen LogP) is 3.24. The number of hydrogen-bond donors (Lipinski definition) is 0. The van der Waals surface area contributed by atoms with Crippen molar-refractivity contribution in [3.8, 4) is 10.7 Å². The highest BCUT2D eigenvalue weighted by atomic mass is 35.7. The average Bonchev–Trinajstić information content (AvgIpc) is 2.82. The van der Waals surface area contributed by atoms with Crippen molar-refractivity contribution in [1.29, 1.82) is 0 Å². The van der Waals surface area contributed by atoms with E-state index < -0.39 is 9.05 Å². The third-order valence-corrected chi connectivity index (χ3v) is 4.79. The molecule has 2 aromatic heterocycles. The van der Waals surface area contributed by atoms with Crippen LogP contribution in [0.3, 0.4) is 0 Å². The van der Waals surface area contributed by atoms with Crippen molar-refractivity contribution in [3.63, 3.8) is 0 Å². The predicted molar refractivity (Wildman–Crippen MR) is 76.2 cm³/mol. The van der Waals surface area contributed by atoms with Crippen molar-refractivity contribution < 1.29 is 8.42 Å². The lowest BCUT2D eigenvalue weighted by atomic mass is 10.2. The molecule has 0 spiro atoms. The molecule has 0 aliphatic carbocycles. The van der Waals surface area contributed by atoms with E-state index in [-0.39, 0.29) is 11.1 Å². The van der Waals surface area contributed by atoms with Gasteiger partial charge in [0.1, 0.15) is 0 Å². The number of aromatic nitrogens is 3. The Kier molecular flexibility index (Phi) is 4.20. The molecule has 0 radical (unpaired) electrons. The summed E-state index contributed by atoms with van der Waals surface area (Å²) < 4.78 is 24.5. The maximum atomic E-state index is 11.5. The quantitative estimate of drug-likeness (QED) is 0.802. The van der Waals surface area contributed by atoms with Crippen molar-refractivity contribution in [2.24, 2.45) is 5.92 Å². The zero-order valence-corrected chi connectivity index (χ0v) is 13.3. The fraction of sp³-hybridized carbons (Fsp3) is 0.400. The summed E-state index contributed by atoms with van der Waals surface area (Å²) in [6.07, 6.45) is 0. The molecule has 0 atom stereocenters. The second kappa shape index (κ2) is 5.40. The second-order valence-corrected chi connectivity index (χ2v) is 8.13. The van der Waals surface area contributed by atoms with Crippen LogP contribution in [-0.2, 0) is 15.6 Å². The van der Waals surface area contributed by atoms with E-state index in [1.165, 1.54) is 15.9 Å². The van der Waals surface area contributed by atoms with Gasteiger partial charge in [0, 0.05) is 17.2 Å². The summed E-state index contributed by atoms with van der Waals surface area (Å²) in [4.78, 5) is 0.682. The van der Waals surface area contributed by atoms with Crippen LogP contribution in [0.4, 0.5) is 0 Å². The summed E-state index contributed by atoms with van der Waals surface area (Å²) in [7, 11) is 1.44. The van der Waals surface area contributed by atoms with Gasteiger partial charge in [-0.25, -0.2) is 8.42 Å². The van der Waals surface area contributed by atoms with Crippen LogP contribution in [0, 0.1) is 5.92 Å². The Morgan fingerprint density at radius 2 is 2.11 bits per heavy atom. The van der Waals surface area contributed by atoms with Gasteiger partial charge in [0.15, 0.2) is 5.82 Å². The Balaban J connectivity index is 2.63. The van der Waals surface area contributed by atoms with Gasteiger partial charge >= 0.3 is 0 Å². The van der Waals surface area contributed by atoms with Crippen molar-refractivity contribution in [2.45, 2.75) is 25.5 Å². The maximum absolute atomic E-state index is 11.5. The lowest BCUT2D eigenvalue weighted by Crippen LogP contribution is -2.11.